The standard InChI is InChI=1S/C20H23O3P/c21-15-8-5-13(6-9-15)17-11-12-18(22)19-14-3-1-2-4-16(10-7-14)24(23)20(17)19/h5-6,8-9,11-12,14,16,21-22,24H,1-4,7,10H2. The number of benzene rings is 2. The number of hydrogen-bond donors (Lipinski definition) is 2. The monoisotopic (exact) mass is 342 g/mol. The Labute approximate surface area is 143 Å². The van der Waals surface area contributed by atoms with Crippen LogP contribution in [0.3, 0.4) is 0 Å². The Bertz CT molecular complexity index is 782. The van der Waals surface area contributed by atoms with Gasteiger partial charge >= 0.3 is 0 Å². The van der Waals surface area contributed by atoms with Gasteiger partial charge in [-0.05, 0) is 67.0 Å². The third-order valence-corrected chi connectivity index (χ3v) is 8.00. The molecule has 2 N–H and O–H groups in total. The van der Waals surface area contributed by atoms with E-state index in [0.29, 0.717) is 11.7 Å². The van der Waals surface area contributed by atoms with Gasteiger partial charge in [-0.25, -0.2) is 0 Å². The summed E-state index contributed by atoms with van der Waals surface area (Å²) in [5.41, 5.74) is 3.12. The Hall–Kier alpha value is -1.73. The molecule has 4 heteroatoms. The largest absolute Gasteiger partial charge is 0.508 e. The van der Waals surface area contributed by atoms with Crippen LogP contribution in [0, 0.1) is 0 Å². The van der Waals surface area contributed by atoms with Crippen molar-refractivity contribution in [2.45, 2.75) is 50.1 Å². The summed E-state index contributed by atoms with van der Waals surface area (Å²) in [4.78, 5) is 0. The molecule has 2 aromatic rings. The summed E-state index contributed by atoms with van der Waals surface area (Å²) in [6.07, 6.45) is 6.43. The van der Waals surface area contributed by atoms with Crippen molar-refractivity contribution in [3.05, 3.63) is 42.0 Å². The molecule has 4 rings (SSSR count). The van der Waals surface area contributed by atoms with E-state index in [0.717, 1.165) is 60.5 Å². The summed E-state index contributed by atoms with van der Waals surface area (Å²) in [6, 6.07) is 10.7. The first-order valence-electron chi connectivity index (χ1n) is 8.84. The smallest absolute Gasteiger partial charge is 0.119 e. The van der Waals surface area contributed by atoms with E-state index >= 15 is 0 Å². The molecular formula is C20H23O3P. The van der Waals surface area contributed by atoms with Crippen molar-refractivity contribution in [1.82, 2.24) is 0 Å². The van der Waals surface area contributed by atoms with Gasteiger partial charge in [-0.1, -0.05) is 25.0 Å². The summed E-state index contributed by atoms with van der Waals surface area (Å²) in [5.74, 6) is 0.847. The van der Waals surface area contributed by atoms with E-state index < -0.39 is 7.80 Å². The first-order valence-corrected chi connectivity index (χ1v) is 10.3. The van der Waals surface area contributed by atoms with Gasteiger partial charge in [0.2, 0.25) is 0 Å². The van der Waals surface area contributed by atoms with Crippen LogP contribution in [0.2, 0.25) is 0 Å². The molecule has 3 unspecified atom stereocenters. The van der Waals surface area contributed by atoms with E-state index in [1.54, 1.807) is 18.2 Å². The SMILES string of the molecule is O=[PH]1c2c(-c3ccc(O)cc3)ccc(O)c2C2CCCCC1CC2. The van der Waals surface area contributed by atoms with E-state index in [1.807, 2.05) is 18.2 Å². The van der Waals surface area contributed by atoms with Crippen molar-refractivity contribution in [3.63, 3.8) is 0 Å². The normalized spacial score (nSPS) is 26.2. The Balaban J connectivity index is 1.96. The molecule has 1 saturated carbocycles. The average molecular weight is 342 g/mol. The molecule has 2 aromatic carbocycles. The molecule has 0 saturated heterocycles. The fraction of sp³-hybridized carbons (Fsp3) is 0.400. The Morgan fingerprint density at radius 1 is 0.875 bits per heavy atom. The van der Waals surface area contributed by atoms with Gasteiger partial charge in [-0.15, -0.1) is 0 Å². The zero-order valence-electron chi connectivity index (χ0n) is 13.7. The van der Waals surface area contributed by atoms with Crippen LogP contribution in [0.5, 0.6) is 11.5 Å². The minimum absolute atomic E-state index is 0.227. The quantitative estimate of drug-likeness (QED) is 0.734. The van der Waals surface area contributed by atoms with Crippen LogP contribution >= 0.6 is 7.80 Å². The minimum atomic E-state index is -1.96. The first kappa shape index (κ1) is 15.8. The number of aromatic hydroxyl groups is 2. The summed E-state index contributed by atoms with van der Waals surface area (Å²) >= 11 is 0. The maximum absolute atomic E-state index is 13.4. The number of hydrogen-bond acceptors (Lipinski definition) is 3. The fourth-order valence-electron chi connectivity index (χ4n) is 4.40. The highest BCUT2D eigenvalue weighted by Gasteiger charge is 2.34. The zero-order valence-corrected chi connectivity index (χ0v) is 14.7. The second-order valence-corrected chi connectivity index (χ2v) is 9.13. The van der Waals surface area contributed by atoms with Gasteiger partial charge in [0, 0.05) is 16.5 Å². The maximum Gasteiger partial charge on any atom is 0.119 e. The van der Waals surface area contributed by atoms with Crippen molar-refractivity contribution >= 4 is 13.1 Å². The molecule has 126 valence electrons. The van der Waals surface area contributed by atoms with Crippen molar-refractivity contribution in [3.8, 4) is 22.6 Å². The van der Waals surface area contributed by atoms with Crippen LogP contribution < -0.4 is 5.30 Å². The minimum Gasteiger partial charge on any atom is -0.508 e. The van der Waals surface area contributed by atoms with Gasteiger partial charge in [0.15, 0.2) is 0 Å². The van der Waals surface area contributed by atoms with Gasteiger partial charge in [0.05, 0.1) is 0 Å². The van der Waals surface area contributed by atoms with Gasteiger partial charge in [-0.2, -0.15) is 0 Å². The van der Waals surface area contributed by atoms with Crippen LogP contribution in [-0.4, -0.2) is 15.9 Å². The number of phenols is 2. The third-order valence-electron chi connectivity index (χ3n) is 5.65. The molecular weight excluding hydrogens is 319 g/mol. The molecule has 3 nitrogen and oxygen atoms in total. The van der Waals surface area contributed by atoms with Gasteiger partial charge in [0.1, 0.15) is 19.3 Å². The molecule has 3 atom stereocenters. The molecule has 2 bridgehead atoms. The van der Waals surface area contributed by atoms with Crippen molar-refractivity contribution in [2.75, 3.05) is 0 Å². The highest BCUT2D eigenvalue weighted by molar-refractivity contribution is 7.54. The number of rotatable bonds is 1. The molecule has 0 spiro atoms. The van der Waals surface area contributed by atoms with Crippen molar-refractivity contribution in [2.24, 2.45) is 0 Å². The second kappa shape index (κ2) is 6.29. The van der Waals surface area contributed by atoms with E-state index in [2.05, 4.69) is 0 Å². The summed E-state index contributed by atoms with van der Waals surface area (Å²) in [6.45, 7) is 0. The third kappa shape index (κ3) is 2.65. The van der Waals surface area contributed by atoms with E-state index in [9.17, 15) is 14.8 Å². The van der Waals surface area contributed by atoms with Gasteiger partial charge < -0.3 is 14.8 Å². The lowest BCUT2D eigenvalue weighted by Gasteiger charge is -2.21. The molecule has 24 heavy (non-hydrogen) atoms. The van der Waals surface area contributed by atoms with Crippen molar-refractivity contribution < 1.29 is 14.8 Å². The molecule has 0 aromatic heterocycles. The molecule has 0 radical (unpaired) electrons. The average Bonchev–Trinajstić information content (AvgIpc) is 2.64. The van der Waals surface area contributed by atoms with Crippen LogP contribution in [-0.2, 0) is 4.57 Å². The molecule has 1 heterocycles. The zero-order chi connectivity index (χ0) is 16.7. The summed E-state index contributed by atoms with van der Waals surface area (Å²) in [5, 5.41) is 21.0. The molecule has 1 aliphatic heterocycles. The van der Waals surface area contributed by atoms with Crippen molar-refractivity contribution in [1.29, 1.82) is 0 Å². The van der Waals surface area contributed by atoms with Crippen LogP contribution in [0.1, 0.15) is 50.0 Å². The lowest BCUT2D eigenvalue weighted by molar-refractivity contribution is 0.430. The Morgan fingerprint density at radius 2 is 1.62 bits per heavy atom. The maximum atomic E-state index is 13.4. The summed E-state index contributed by atoms with van der Waals surface area (Å²) < 4.78 is 13.4. The molecule has 1 fully saturated rings. The van der Waals surface area contributed by atoms with E-state index in [4.69, 9.17) is 0 Å². The predicted octanol–water partition coefficient (Wildman–Crippen LogP) is 4.77. The lowest BCUT2D eigenvalue weighted by atomic mass is 9.84. The first-order chi connectivity index (χ1) is 11.6. The van der Waals surface area contributed by atoms with Crippen LogP contribution in [0.15, 0.2) is 36.4 Å². The Morgan fingerprint density at radius 3 is 2.42 bits per heavy atom. The number of fused-ring (bicyclic) bond motifs is 5. The van der Waals surface area contributed by atoms with E-state index in [1.165, 1.54) is 0 Å². The lowest BCUT2D eigenvalue weighted by Crippen LogP contribution is -2.13. The highest BCUT2D eigenvalue weighted by Crippen LogP contribution is 2.49. The second-order valence-electron chi connectivity index (χ2n) is 7.09. The van der Waals surface area contributed by atoms with E-state index in [-0.39, 0.29) is 11.4 Å². The fourth-order valence-corrected chi connectivity index (χ4v) is 6.79. The Kier molecular flexibility index (Phi) is 4.14. The number of phenolic OH excluding ortho intramolecular Hbond substituents is 2. The predicted molar refractivity (Wildman–Crippen MR) is 98.1 cm³/mol. The van der Waals surface area contributed by atoms with Crippen LogP contribution in [0.25, 0.3) is 11.1 Å². The molecule has 2 aliphatic rings. The highest BCUT2D eigenvalue weighted by atomic mass is 31.1. The molecule has 1 aliphatic carbocycles. The van der Waals surface area contributed by atoms with Crippen LogP contribution in [0.4, 0.5) is 0 Å². The van der Waals surface area contributed by atoms with Gasteiger partial charge in [-0.3, -0.25) is 0 Å². The van der Waals surface area contributed by atoms with Gasteiger partial charge in [0.25, 0.3) is 0 Å². The topological polar surface area (TPSA) is 57.5 Å². The summed E-state index contributed by atoms with van der Waals surface area (Å²) in [7, 11) is -1.96. The molecule has 0 amide bonds.